The van der Waals surface area contributed by atoms with E-state index in [-0.39, 0.29) is 43.3 Å². The Morgan fingerprint density at radius 2 is 1.93 bits per heavy atom. The van der Waals surface area contributed by atoms with Crippen molar-refractivity contribution in [3.05, 3.63) is 71.8 Å². The molecule has 2 fully saturated rings. The van der Waals surface area contributed by atoms with Gasteiger partial charge in [-0.05, 0) is 56.0 Å². The normalized spacial score (nSPS) is 25.0. The van der Waals surface area contributed by atoms with Gasteiger partial charge in [-0.3, -0.25) is 14.4 Å². The lowest BCUT2D eigenvalue weighted by Gasteiger charge is -2.28. The van der Waals surface area contributed by atoms with Gasteiger partial charge in [-0.25, -0.2) is 0 Å². The molecule has 3 amide bonds. The first-order valence-corrected chi connectivity index (χ1v) is 14.6. The van der Waals surface area contributed by atoms with Gasteiger partial charge in [0.25, 0.3) is 5.91 Å². The maximum atomic E-state index is 13.8. The minimum atomic E-state index is -1.76. The largest absolute Gasteiger partial charge is 0.394 e. The number of fused-ring (bicyclic) bond motifs is 1. The molecule has 41 heavy (non-hydrogen) atoms. The summed E-state index contributed by atoms with van der Waals surface area (Å²) in [5, 5.41) is 27.6. The number of carbonyl (C=O) groups is 3. The van der Waals surface area contributed by atoms with Crippen LogP contribution in [0.25, 0.3) is 0 Å². The fourth-order valence-electron chi connectivity index (χ4n) is 6.24. The van der Waals surface area contributed by atoms with Gasteiger partial charge in [0.05, 0.1) is 30.8 Å². The van der Waals surface area contributed by atoms with E-state index >= 15 is 0 Å². The quantitative estimate of drug-likeness (QED) is 0.350. The zero-order chi connectivity index (χ0) is 29.0. The lowest BCUT2D eigenvalue weighted by molar-refractivity contribution is -0.139. The van der Waals surface area contributed by atoms with E-state index in [1.54, 1.807) is 34.9 Å². The SMILES string of the molecule is C[C@H](/C=C/CC(=O)N1CCC[C@H]1CO)[C@@]1(O)C(=O)N(Cc2ccc(NC(=O)C3CCCNC3)cc2)c2ccccc21. The van der Waals surface area contributed by atoms with Crippen molar-refractivity contribution < 1.29 is 24.6 Å². The van der Waals surface area contributed by atoms with E-state index in [9.17, 15) is 24.6 Å². The van der Waals surface area contributed by atoms with E-state index in [0.29, 0.717) is 30.0 Å². The van der Waals surface area contributed by atoms with Crippen LogP contribution >= 0.6 is 0 Å². The lowest BCUT2D eigenvalue weighted by Crippen LogP contribution is -2.44. The van der Waals surface area contributed by atoms with Gasteiger partial charge in [-0.15, -0.1) is 0 Å². The summed E-state index contributed by atoms with van der Waals surface area (Å²) in [6.07, 6.45) is 7.16. The van der Waals surface area contributed by atoms with Gasteiger partial charge in [-0.1, -0.05) is 49.4 Å². The number of likely N-dealkylation sites (tertiary alicyclic amines) is 1. The number of carbonyl (C=O) groups excluding carboxylic acids is 3. The molecule has 2 saturated heterocycles. The minimum absolute atomic E-state index is 0.0102. The Morgan fingerprint density at radius 1 is 1.15 bits per heavy atom. The molecule has 0 aliphatic carbocycles. The van der Waals surface area contributed by atoms with E-state index in [1.807, 2.05) is 42.5 Å². The van der Waals surface area contributed by atoms with Crippen LogP contribution in [0.4, 0.5) is 11.4 Å². The van der Waals surface area contributed by atoms with Gasteiger partial charge < -0.3 is 30.6 Å². The van der Waals surface area contributed by atoms with Crippen molar-refractivity contribution in [2.24, 2.45) is 11.8 Å². The summed E-state index contributed by atoms with van der Waals surface area (Å²) in [4.78, 5) is 42.4. The molecule has 2 aromatic rings. The number of piperidine rings is 1. The molecule has 0 bridgehead atoms. The van der Waals surface area contributed by atoms with E-state index in [2.05, 4.69) is 10.6 Å². The molecule has 4 N–H and O–H groups in total. The van der Waals surface area contributed by atoms with Gasteiger partial charge in [0.15, 0.2) is 5.60 Å². The van der Waals surface area contributed by atoms with Crippen LogP contribution in [0, 0.1) is 11.8 Å². The molecular formula is C32H40N4O5. The number of rotatable bonds is 9. The predicted molar refractivity (Wildman–Crippen MR) is 157 cm³/mol. The Hall–Kier alpha value is -3.53. The maximum Gasteiger partial charge on any atom is 0.264 e. The van der Waals surface area contributed by atoms with Crippen molar-refractivity contribution in [3.63, 3.8) is 0 Å². The van der Waals surface area contributed by atoms with Crippen LogP contribution in [0.1, 0.15) is 50.2 Å². The van der Waals surface area contributed by atoms with E-state index in [0.717, 1.165) is 37.8 Å². The zero-order valence-electron chi connectivity index (χ0n) is 23.6. The smallest absolute Gasteiger partial charge is 0.264 e. The van der Waals surface area contributed by atoms with Gasteiger partial charge in [0, 0.05) is 36.7 Å². The third-order valence-electron chi connectivity index (χ3n) is 8.69. The topological polar surface area (TPSA) is 122 Å². The first kappa shape index (κ1) is 29.0. The number of anilines is 2. The highest BCUT2D eigenvalue weighted by molar-refractivity contribution is 6.07. The molecular weight excluding hydrogens is 520 g/mol. The summed E-state index contributed by atoms with van der Waals surface area (Å²) in [6, 6.07) is 14.6. The molecule has 9 nitrogen and oxygen atoms in total. The van der Waals surface area contributed by atoms with Crippen molar-refractivity contribution in [1.29, 1.82) is 0 Å². The zero-order valence-corrected chi connectivity index (χ0v) is 23.6. The summed E-state index contributed by atoms with van der Waals surface area (Å²) >= 11 is 0. The van der Waals surface area contributed by atoms with Crippen LogP contribution in [0.15, 0.2) is 60.7 Å². The molecule has 0 saturated carbocycles. The number of nitrogens with one attached hydrogen (secondary N) is 2. The first-order valence-electron chi connectivity index (χ1n) is 14.6. The van der Waals surface area contributed by atoms with Crippen LogP contribution in [0.5, 0.6) is 0 Å². The maximum absolute atomic E-state index is 13.8. The van der Waals surface area contributed by atoms with E-state index < -0.39 is 17.4 Å². The standard InChI is InChI=1S/C32H40N4O5/c1-22(7-4-12-29(38)35-18-6-9-26(35)21-37)32(41)27-10-2-3-11-28(27)36(31(32)40)20-23-13-15-25(16-14-23)34-30(39)24-8-5-17-33-19-24/h2-4,7,10-11,13-16,22,24,26,33,37,41H,5-6,8-9,12,17-21H2,1H3,(H,34,39)/b7-4+/t22-,24?,26+,32+/m1/s1. The molecule has 0 spiro atoms. The number of nitrogens with zero attached hydrogens (tertiary/aromatic N) is 2. The summed E-state index contributed by atoms with van der Waals surface area (Å²) in [5.41, 5.74) is 1.01. The number of aliphatic hydroxyl groups is 2. The highest BCUT2D eigenvalue weighted by Gasteiger charge is 2.52. The molecule has 1 unspecified atom stereocenters. The molecule has 3 heterocycles. The van der Waals surface area contributed by atoms with Crippen molar-refractivity contribution in [1.82, 2.24) is 10.2 Å². The third-order valence-corrected chi connectivity index (χ3v) is 8.69. The van der Waals surface area contributed by atoms with Crippen molar-refractivity contribution in [2.75, 3.05) is 36.5 Å². The van der Waals surface area contributed by atoms with Gasteiger partial charge in [0.2, 0.25) is 11.8 Å². The van der Waals surface area contributed by atoms with Gasteiger partial charge >= 0.3 is 0 Å². The molecule has 9 heteroatoms. The van der Waals surface area contributed by atoms with Crippen LogP contribution in [0.2, 0.25) is 0 Å². The summed E-state index contributed by atoms with van der Waals surface area (Å²) in [7, 11) is 0. The third kappa shape index (κ3) is 5.93. The molecule has 5 rings (SSSR count). The Labute approximate surface area is 241 Å². The number of para-hydroxylation sites is 1. The van der Waals surface area contributed by atoms with Gasteiger partial charge in [0.1, 0.15) is 0 Å². The number of amides is 3. The number of benzene rings is 2. The van der Waals surface area contributed by atoms with Crippen molar-refractivity contribution in [2.45, 2.75) is 57.2 Å². The second kappa shape index (κ2) is 12.5. The fraction of sp³-hybridized carbons (Fsp3) is 0.469. The Balaban J connectivity index is 1.26. The molecule has 3 aliphatic heterocycles. The van der Waals surface area contributed by atoms with E-state index in [1.165, 1.54) is 0 Å². The molecule has 218 valence electrons. The highest BCUT2D eigenvalue weighted by Crippen LogP contribution is 2.45. The average Bonchev–Trinajstić information content (AvgIpc) is 3.57. The highest BCUT2D eigenvalue weighted by atomic mass is 16.3. The molecule has 3 aliphatic rings. The average molecular weight is 561 g/mol. The second-order valence-electron chi connectivity index (χ2n) is 11.4. The molecule has 4 atom stereocenters. The van der Waals surface area contributed by atoms with Crippen LogP contribution < -0.4 is 15.5 Å². The Kier molecular flexibility index (Phi) is 8.87. The molecule has 2 aromatic carbocycles. The van der Waals surface area contributed by atoms with Crippen LogP contribution in [-0.4, -0.2) is 65.1 Å². The second-order valence-corrected chi connectivity index (χ2v) is 11.4. The van der Waals surface area contributed by atoms with E-state index in [4.69, 9.17) is 0 Å². The minimum Gasteiger partial charge on any atom is -0.394 e. The van der Waals surface area contributed by atoms with Crippen LogP contribution in [-0.2, 0) is 26.5 Å². The number of hydrogen-bond donors (Lipinski definition) is 4. The lowest BCUT2D eigenvalue weighted by atomic mass is 9.83. The molecule has 0 aromatic heterocycles. The Bertz CT molecular complexity index is 1290. The van der Waals surface area contributed by atoms with Crippen LogP contribution in [0.3, 0.4) is 0 Å². The first-order chi connectivity index (χ1) is 19.8. The Morgan fingerprint density at radius 3 is 2.66 bits per heavy atom. The number of aliphatic hydroxyl groups excluding tert-OH is 1. The monoisotopic (exact) mass is 560 g/mol. The fourth-order valence-corrected chi connectivity index (χ4v) is 6.24. The predicted octanol–water partition coefficient (Wildman–Crippen LogP) is 2.92. The number of hydrogen-bond acceptors (Lipinski definition) is 6. The van der Waals surface area contributed by atoms with Crippen molar-refractivity contribution >= 4 is 29.1 Å². The molecule has 0 radical (unpaired) electrons. The van der Waals surface area contributed by atoms with Crippen molar-refractivity contribution in [3.8, 4) is 0 Å². The van der Waals surface area contributed by atoms with Gasteiger partial charge in [-0.2, -0.15) is 0 Å². The summed E-state index contributed by atoms with van der Waals surface area (Å²) < 4.78 is 0. The summed E-state index contributed by atoms with van der Waals surface area (Å²) in [6.45, 7) is 4.29. The summed E-state index contributed by atoms with van der Waals surface area (Å²) in [5.74, 6) is -1.08.